The van der Waals surface area contributed by atoms with Gasteiger partial charge in [0.25, 0.3) is 10.0 Å². The van der Waals surface area contributed by atoms with Gasteiger partial charge in [0, 0.05) is 18.0 Å². The number of anilines is 1. The number of aryl methyl sites for hydroxylation is 1. The van der Waals surface area contributed by atoms with Gasteiger partial charge in [0.15, 0.2) is 0 Å². The van der Waals surface area contributed by atoms with Crippen molar-refractivity contribution in [2.45, 2.75) is 56.0 Å². The summed E-state index contributed by atoms with van der Waals surface area (Å²) >= 11 is 1.49. The lowest BCUT2D eigenvalue weighted by molar-refractivity contribution is -0.139. The molecule has 0 heterocycles. The molecule has 214 valence electrons. The van der Waals surface area contributed by atoms with Gasteiger partial charge >= 0.3 is 0 Å². The van der Waals surface area contributed by atoms with Gasteiger partial charge in [-0.15, -0.1) is 11.8 Å². The van der Waals surface area contributed by atoms with E-state index in [1.165, 1.54) is 40.9 Å². The Labute approximate surface area is 240 Å². The van der Waals surface area contributed by atoms with Crippen molar-refractivity contribution in [3.8, 4) is 0 Å². The summed E-state index contributed by atoms with van der Waals surface area (Å²) < 4.78 is 42.4. The van der Waals surface area contributed by atoms with Crippen molar-refractivity contribution in [2.24, 2.45) is 0 Å². The Hall–Kier alpha value is -3.37. The highest BCUT2D eigenvalue weighted by molar-refractivity contribution is 7.98. The number of nitrogens with zero attached hydrogens (tertiary/aromatic N) is 2. The van der Waals surface area contributed by atoms with Gasteiger partial charge in [0.2, 0.25) is 11.8 Å². The van der Waals surface area contributed by atoms with Crippen LogP contribution in [0.1, 0.15) is 37.8 Å². The Morgan fingerprint density at radius 3 is 2.17 bits per heavy atom. The van der Waals surface area contributed by atoms with Crippen LogP contribution in [0, 0.1) is 12.7 Å². The van der Waals surface area contributed by atoms with Crippen molar-refractivity contribution in [1.29, 1.82) is 0 Å². The first-order valence-corrected chi connectivity index (χ1v) is 15.8. The smallest absolute Gasteiger partial charge is 0.264 e. The molecule has 0 aliphatic carbocycles. The summed E-state index contributed by atoms with van der Waals surface area (Å²) in [5, 5.41) is 2.85. The van der Waals surface area contributed by atoms with Crippen molar-refractivity contribution < 1.29 is 22.4 Å². The van der Waals surface area contributed by atoms with Crippen molar-refractivity contribution in [2.75, 3.05) is 23.7 Å². The Balaban J connectivity index is 1.99. The number of sulfonamides is 1. The van der Waals surface area contributed by atoms with Crippen LogP contribution in [0.2, 0.25) is 0 Å². The van der Waals surface area contributed by atoms with Gasteiger partial charge in [-0.3, -0.25) is 13.9 Å². The summed E-state index contributed by atoms with van der Waals surface area (Å²) in [5.74, 6) is -1.33. The lowest BCUT2D eigenvalue weighted by atomic mass is 10.1. The van der Waals surface area contributed by atoms with Crippen LogP contribution in [0.5, 0.6) is 0 Å². The van der Waals surface area contributed by atoms with Gasteiger partial charge in [0.1, 0.15) is 18.4 Å². The lowest BCUT2D eigenvalue weighted by Crippen LogP contribution is -2.51. The molecule has 0 aliphatic heterocycles. The number of thioether (sulfide) groups is 1. The largest absolute Gasteiger partial charge is 0.354 e. The average molecular weight is 586 g/mol. The van der Waals surface area contributed by atoms with Crippen LogP contribution in [-0.2, 0) is 26.2 Å². The average Bonchev–Trinajstić information content (AvgIpc) is 2.95. The van der Waals surface area contributed by atoms with E-state index in [0.29, 0.717) is 17.8 Å². The molecule has 0 fully saturated rings. The Morgan fingerprint density at radius 2 is 1.60 bits per heavy atom. The highest BCUT2D eigenvalue weighted by Gasteiger charge is 2.32. The topological polar surface area (TPSA) is 86.8 Å². The molecule has 0 spiro atoms. The molecule has 0 aromatic heterocycles. The van der Waals surface area contributed by atoms with Crippen LogP contribution in [0.3, 0.4) is 0 Å². The molecule has 10 heteroatoms. The lowest BCUT2D eigenvalue weighted by Gasteiger charge is -2.32. The highest BCUT2D eigenvalue weighted by atomic mass is 32.2. The zero-order valence-electron chi connectivity index (χ0n) is 23.3. The van der Waals surface area contributed by atoms with Gasteiger partial charge in [-0.05, 0) is 80.6 Å². The normalized spacial score (nSPS) is 12.0. The third-order valence-corrected chi connectivity index (χ3v) is 9.04. The molecule has 2 amide bonds. The van der Waals surface area contributed by atoms with Crippen LogP contribution in [0.15, 0.2) is 82.6 Å². The number of nitrogens with one attached hydrogen (secondary N) is 1. The predicted molar refractivity (Wildman–Crippen MR) is 158 cm³/mol. The number of carbonyl (C=O) groups excluding carboxylic acids is 2. The Kier molecular flexibility index (Phi) is 11.2. The molecule has 3 rings (SSSR count). The molecular weight excluding hydrogens is 549 g/mol. The molecule has 1 atom stereocenters. The third-order valence-electron chi connectivity index (χ3n) is 6.51. The zero-order valence-corrected chi connectivity index (χ0v) is 24.9. The SMILES string of the molecule is CCCCNC(=O)C(C)N(Cc1ccc(F)cc1)C(=O)CN(c1ccc(C)cc1)S(=O)(=O)c1ccc(SC)cc1. The molecule has 0 saturated carbocycles. The van der Waals surface area contributed by atoms with Crippen molar-refractivity contribution in [3.05, 3.63) is 89.7 Å². The number of hydrogen-bond donors (Lipinski definition) is 1. The summed E-state index contributed by atoms with van der Waals surface area (Å²) in [4.78, 5) is 29.2. The number of rotatable bonds is 13. The van der Waals surface area contributed by atoms with E-state index < -0.39 is 34.3 Å². The molecule has 0 radical (unpaired) electrons. The number of carbonyl (C=O) groups is 2. The van der Waals surface area contributed by atoms with Crippen LogP contribution in [0.4, 0.5) is 10.1 Å². The van der Waals surface area contributed by atoms with E-state index in [1.54, 1.807) is 55.5 Å². The summed E-state index contributed by atoms with van der Waals surface area (Å²) in [6, 6.07) is 18.1. The van der Waals surface area contributed by atoms with Crippen LogP contribution in [-0.4, -0.2) is 50.5 Å². The van der Waals surface area contributed by atoms with Crippen LogP contribution in [0.25, 0.3) is 0 Å². The maximum atomic E-state index is 13.9. The van der Waals surface area contributed by atoms with Gasteiger partial charge < -0.3 is 10.2 Å². The molecule has 0 aliphatic rings. The Bertz CT molecular complexity index is 1380. The predicted octanol–water partition coefficient (Wildman–Crippen LogP) is 5.38. The molecular formula is C30H36FN3O4S2. The first kappa shape index (κ1) is 31.2. The highest BCUT2D eigenvalue weighted by Crippen LogP contribution is 2.26. The fraction of sp³-hybridized carbons (Fsp3) is 0.333. The maximum Gasteiger partial charge on any atom is 0.264 e. The van der Waals surface area contributed by atoms with E-state index >= 15 is 0 Å². The molecule has 0 bridgehead atoms. The standard InChI is InChI=1S/C30H36FN3O4S2/c1-5-6-19-32-30(36)23(3)33(20-24-9-11-25(31)12-10-24)29(35)21-34(26-13-7-22(2)8-14-26)40(37,38)28-17-15-27(39-4)16-18-28/h7-18,23H,5-6,19-21H2,1-4H3,(H,32,36). The fourth-order valence-corrected chi connectivity index (χ4v) is 5.84. The number of halogens is 1. The monoisotopic (exact) mass is 585 g/mol. The van der Waals surface area contributed by atoms with Crippen molar-refractivity contribution >= 4 is 39.3 Å². The maximum absolute atomic E-state index is 13.9. The molecule has 7 nitrogen and oxygen atoms in total. The second-order valence-corrected chi connectivity index (χ2v) is 12.2. The zero-order chi connectivity index (χ0) is 29.3. The number of unbranched alkanes of at least 4 members (excludes halogenated alkanes) is 1. The second-order valence-electron chi connectivity index (χ2n) is 9.49. The van der Waals surface area contributed by atoms with Gasteiger partial charge in [-0.2, -0.15) is 0 Å². The van der Waals surface area contributed by atoms with E-state index in [2.05, 4.69) is 5.32 Å². The number of benzene rings is 3. The van der Waals surface area contributed by atoms with Gasteiger partial charge in [-0.1, -0.05) is 43.2 Å². The molecule has 40 heavy (non-hydrogen) atoms. The molecule has 3 aromatic rings. The first-order chi connectivity index (χ1) is 19.1. The quantitative estimate of drug-likeness (QED) is 0.215. The van der Waals surface area contributed by atoms with Crippen LogP contribution >= 0.6 is 11.8 Å². The minimum absolute atomic E-state index is 0.00564. The molecule has 3 aromatic carbocycles. The summed E-state index contributed by atoms with van der Waals surface area (Å²) in [6.45, 7) is 5.45. The van der Waals surface area contributed by atoms with E-state index in [9.17, 15) is 22.4 Å². The van der Waals surface area contributed by atoms with E-state index in [-0.39, 0.29) is 17.3 Å². The van der Waals surface area contributed by atoms with Gasteiger partial charge in [-0.25, -0.2) is 12.8 Å². The number of amides is 2. The minimum Gasteiger partial charge on any atom is -0.354 e. The molecule has 0 saturated heterocycles. The number of hydrogen-bond acceptors (Lipinski definition) is 5. The van der Waals surface area contributed by atoms with Crippen molar-refractivity contribution in [1.82, 2.24) is 10.2 Å². The Morgan fingerprint density at radius 1 is 0.975 bits per heavy atom. The summed E-state index contributed by atoms with van der Waals surface area (Å²) in [6.07, 6.45) is 3.59. The minimum atomic E-state index is -4.14. The first-order valence-electron chi connectivity index (χ1n) is 13.1. The van der Waals surface area contributed by atoms with E-state index in [1.807, 2.05) is 20.1 Å². The third kappa shape index (κ3) is 8.08. The van der Waals surface area contributed by atoms with Gasteiger partial charge in [0.05, 0.1) is 10.6 Å². The van der Waals surface area contributed by atoms with E-state index in [4.69, 9.17) is 0 Å². The van der Waals surface area contributed by atoms with Crippen LogP contribution < -0.4 is 9.62 Å². The fourth-order valence-electron chi connectivity index (χ4n) is 4.02. The van der Waals surface area contributed by atoms with E-state index in [0.717, 1.165) is 27.6 Å². The second kappa shape index (κ2) is 14.3. The molecule has 1 N–H and O–H groups in total. The molecule has 1 unspecified atom stereocenters. The van der Waals surface area contributed by atoms with Crippen molar-refractivity contribution in [3.63, 3.8) is 0 Å². The summed E-state index contributed by atoms with van der Waals surface area (Å²) in [5.41, 5.74) is 1.88. The summed E-state index contributed by atoms with van der Waals surface area (Å²) in [7, 11) is -4.14.